The van der Waals surface area contributed by atoms with E-state index >= 15 is 0 Å². The first-order chi connectivity index (χ1) is 16.3. The molecule has 188 valence electrons. The van der Waals surface area contributed by atoms with Gasteiger partial charge in [0, 0.05) is 24.7 Å². The van der Waals surface area contributed by atoms with E-state index in [1.54, 1.807) is 0 Å². The number of carbonyl (C=O) groups is 2. The molecule has 1 N–H and O–H groups in total. The van der Waals surface area contributed by atoms with Crippen LogP contribution < -0.4 is 0 Å². The van der Waals surface area contributed by atoms with Crippen molar-refractivity contribution in [3.8, 4) is 0 Å². The highest BCUT2D eigenvalue weighted by molar-refractivity contribution is 5.69. The summed E-state index contributed by atoms with van der Waals surface area (Å²) in [6, 6.07) is 0. The summed E-state index contributed by atoms with van der Waals surface area (Å²) < 4.78 is 10.5. The van der Waals surface area contributed by atoms with Gasteiger partial charge in [-0.2, -0.15) is 0 Å². The molecule has 5 heteroatoms. The van der Waals surface area contributed by atoms with Crippen molar-refractivity contribution in [3.05, 3.63) is 23.8 Å². The summed E-state index contributed by atoms with van der Waals surface area (Å²) in [6.45, 7) is 1.51. The average Bonchev–Trinajstić information content (AvgIpc) is 3.30. The van der Waals surface area contributed by atoms with Crippen molar-refractivity contribution in [1.82, 2.24) is 0 Å². The van der Waals surface area contributed by atoms with Crippen molar-refractivity contribution in [1.29, 1.82) is 0 Å². The van der Waals surface area contributed by atoms with Crippen LogP contribution in [0.4, 0.5) is 0 Å². The summed E-state index contributed by atoms with van der Waals surface area (Å²) in [6.07, 6.45) is 19.1. The highest BCUT2D eigenvalue weighted by atomic mass is 16.5. The summed E-state index contributed by atoms with van der Waals surface area (Å²) in [5, 5.41) is 11.4. The van der Waals surface area contributed by atoms with Gasteiger partial charge in [-0.25, -0.2) is 0 Å². The Kier molecular flexibility index (Phi) is 6.94. The van der Waals surface area contributed by atoms with Crippen LogP contribution >= 0.6 is 0 Å². The molecule has 0 amide bonds. The number of hydrogen-bond donors (Lipinski definition) is 1. The minimum atomic E-state index is -0.382. The van der Waals surface area contributed by atoms with E-state index in [0.29, 0.717) is 18.3 Å². The lowest BCUT2D eigenvalue weighted by molar-refractivity contribution is -0.147. The molecule has 0 aromatic heterocycles. The third-order valence-corrected chi connectivity index (χ3v) is 9.88. The molecular formula is C29H42O5. The van der Waals surface area contributed by atoms with Gasteiger partial charge in [0.15, 0.2) is 0 Å². The SMILES string of the molecule is COC(=O)CCCC=C1C[C@@H]2C[C@@H](OC(C)=O)[C@H](C=CC(O)C34CC5CC(CC(C5)C3)C4)[C@@H]2C1. The summed E-state index contributed by atoms with van der Waals surface area (Å²) >= 11 is 0. The first-order valence-corrected chi connectivity index (χ1v) is 13.6. The van der Waals surface area contributed by atoms with Gasteiger partial charge in [0.05, 0.1) is 13.2 Å². The maximum Gasteiger partial charge on any atom is 0.305 e. The molecule has 6 aliphatic rings. The van der Waals surface area contributed by atoms with Crippen LogP contribution in [0.1, 0.15) is 84.0 Å². The van der Waals surface area contributed by atoms with Crippen LogP contribution in [0.5, 0.6) is 0 Å². The van der Waals surface area contributed by atoms with Crippen LogP contribution in [0, 0.1) is 40.9 Å². The molecule has 4 bridgehead atoms. The molecule has 6 rings (SSSR count). The quantitative estimate of drug-likeness (QED) is 0.293. The molecule has 0 heterocycles. The predicted molar refractivity (Wildman–Crippen MR) is 130 cm³/mol. The number of ether oxygens (including phenoxy) is 2. The number of hydrogen-bond acceptors (Lipinski definition) is 5. The minimum absolute atomic E-state index is 0.0758. The van der Waals surface area contributed by atoms with Crippen LogP contribution in [-0.2, 0) is 19.1 Å². The van der Waals surface area contributed by atoms with Gasteiger partial charge >= 0.3 is 11.9 Å². The zero-order valence-corrected chi connectivity index (χ0v) is 20.9. The van der Waals surface area contributed by atoms with Gasteiger partial charge in [-0.15, -0.1) is 0 Å². The van der Waals surface area contributed by atoms with Gasteiger partial charge in [0.2, 0.25) is 0 Å². The third-order valence-electron chi connectivity index (χ3n) is 9.88. The fraction of sp³-hybridized carbons (Fsp3) is 0.793. The van der Waals surface area contributed by atoms with Crippen molar-refractivity contribution in [2.45, 2.75) is 96.2 Å². The molecule has 0 saturated heterocycles. The molecule has 0 spiro atoms. The smallest absolute Gasteiger partial charge is 0.305 e. The highest BCUT2D eigenvalue weighted by Gasteiger charge is 2.54. The van der Waals surface area contributed by atoms with Crippen LogP contribution in [0.15, 0.2) is 23.8 Å². The number of rotatable bonds is 8. The van der Waals surface area contributed by atoms with E-state index in [2.05, 4.69) is 18.2 Å². The molecule has 34 heavy (non-hydrogen) atoms. The molecule has 6 aliphatic carbocycles. The second-order valence-electron chi connectivity index (χ2n) is 12.2. The summed E-state index contributed by atoms with van der Waals surface area (Å²) in [5.41, 5.74) is 1.56. The first kappa shape index (κ1) is 24.1. The van der Waals surface area contributed by atoms with E-state index < -0.39 is 0 Å². The maximum atomic E-state index is 11.8. The zero-order valence-electron chi connectivity index (χ0n) is 20.9. The van der Waals surface area contributed by atoms with Crippen molar-refractivity contribution in [2.24, 2.45) is 40.9 Å². The van der Waals surface area contributed by atoms with Gasteiger partial charge < -0.3 is 14.6 Å². The Hall–Kier alpha value is -1.62. The van der Waals surface area contributed by atoms with Gasteiger partial charge in [-0.05, 0) is 100 Å². The monoisotopic (exact) mass is 470 g/mol. The minimum Gasteiger partial charge on any atom is -0.469 e. The van der Waals surface area contributed by atoms with Gasteiger partial charge in [-0.1, -0.05) is 23.8 Å². The van der Waals surface area contributed by atoms with E-state index in [4.69, 9.17) is 9.47 Å². The lowest BCUT2D eigenvalue weighted by Gasteiger charge is -2.58. The van der Waals surface area contributed by atoms with Gasteiger partial charge in [-0.3, -0.25) is 9.59 Å². The molecule has 5 nitrogen and oxygen atoms in total. The lowest BCUT2D eigenvalue weighted by atomic mass is 9.48. The first-order valence-electron chi connectivity index (χ1n) is 13.6. The van der Waals surface area contributed by atoms with E-state index in [1.807, 2.05) is 0 Å². The molecule has 6 saturated carbocycles. The fourth-order valence-corrected chi connectivity index (χ4v) is 8.89. The van der Waals surface area contributed by atoms with Crippen LogP contribution in [-0.4, -0.2) is 36.4 Å². The maximum absolute atomic E-state index is 11.8. The molecule has 1 unspecified atom stereocenters. The molecule has 0 radical (unpaired) electrons. The van der Waals surface area contributed by atoms with Gasteiger partial charge in [0.1, 0.15) is 6.10 Å². The Morgan fingerprint density at radius 2 is 1.76 bits per heavy atom. The van der Waals surface area contributed by atoms with E-state index in [9.17, 15) is 14.7 Å². The Bertz CT molecular complexity index is 806. The van der Waals surface area contributed by atoms with E-state index in [0.717, 1.165) is 49.9 Å². The highest BCUT2D eigenvalue weighted by Crippen LogP contribution is 2.61. The van der Waals surface area contributed by atoms with Crippen molar-refractivity contribution in [2.75, 3.05) is 7.11 Å². The van der Waals surface area contributed by atoms with Crippen LogP contribution in [0.25, 0.3) is 0 Å². The topological polar surface area (TPSA) is 72.8 Å². The molecular weight excluding hydrogens is 428 g/mol. The molecule has 0 aliphatic heterocycles. The normalized spacial score (nSPS) is 42.3. The largest absolute Gasteiger partial charge is 0.469 e. The third kappa shape index (κ3) is 4.87. The zero-order chi connectivity index (χ0) is 23.9. The number of unbranched alkanes of at least 4 members (excludes halogenated alkanes) is 1. The Labute approximate surface area is 204 Å². The van der Waals surface area contributed by atoms with E-state index in [-0.39, 0.29) is 35.5 Å². The predicted octanol–water partition coefficient (Wildman–Crippen LogP) is 5.37. The van der Waals surface area contributed by atoms with Crippen LogP contribution in [0.2, 0.25) is 0 Å². The van der Waals surface area contributed by atoms with E-state index in [1.165, 1.54) is 58.1 Å². The number of aliphatic hydroxyl groups is 1. The Balaban J connectivity index is 1.24. The Morgan fingerprint density at radius 3 is 2.38 bits per heavy atom. The second kappa shape index (κ2) is 9.79. The molecule has 6 fully saturated rings. The number of esters is 2. The van der Waals surface area contributed by atoms with Crippen LogP contribution in [0.3, 0.4) is 0 Å². The van der Waals surface area contributed by atoms with Crippen molar-refractivity contribution >= 4 is 11.9 Å². The number of fused-ring (bicyclic) bond motifs is 1. The second-order valence-corrected chi connectivity index (χ2v) is 12.2. The number of aliphatic hydroxyl groups excluding tert-OH is 1. The molecule has 0 aromatic rings. The standard InChI is InChI=1S/C29H42O5/c1-18(30)34-26-14-23-12-19(5-3-4-6-28(32)33-2)13-25(23)24(26)7-8-27(31)29-15-20-9-21(16-29)11-22(10-20)17-29/h5,7-8,20-27,31H,3-4,6,9-17H2,1-2H3/t20?,21?,22?,23-,24-,25-,26-,27?,29?/m1/s1. The van der Waals surface area contributed by atoms with Crippen molar-refractivity contribution in [3.63, 3.8) is 0 Å². The number of carbonyl (C=O) groups excluding carboxylic acids is 2. The van der Waals surface area contributed by atoms with Crippen molar-refractivity contribution < 1.29 is 24.2 Å². The average molecular weight is 471 g/mol. The summed E-state index contributed by atoms with van der Waals surface area (Å²) in [4.78, 5) is 23.2. The Morgan fingerprint density at radius 1 is 1.09 bits per heavy atom. The molecule has 0 aromatic carbocycles. The summed E-state index contributed by atoms with van der Waals surface area (Å²) in [5.74, 6) is 3.29. The fourth-order valence-electron chi connectivity index (χ4n) is 8.89. The van der Waals surface area contributed by atoms with Gasteiger partial charge in [0.25, 0.3) is 0 Å². The summed E-state index contributed by atoms with van der Waals surface area (Å²) in [7, 11) is 1.44. The lowest BCUT2D eigenvalue weighted by Crippen LogP contribution is -2.51. The number of allylic oxidation sites excluding steroid dienone is 2. The molecule has 5 atom stereocenters. The number of methoxy groups -OCH3 is 1.